The molecule has 0 N–H and O–H groups in total. The van der Waals surface area contributed by atoms with Gasteiger partial charge >= 0.3 is 0 Å². The van der Waals surface area contributed by atoms with Crippen LogP contribution in [0.3, 0.4) is 0 Å². The van der Waals surface area contributed by atoms with Crippen LogP contribution in [0.1, 0.15) is 17.3 Å². The van der Waals surface area contributed by atoms with Gasteiger partial charge in [0, 0.05) is 4.90 Å². The summed E-state index contributed by atoms with van der Waals surface area (Å²) in [5.74, 6) is 0.136. The molecule has 0 fully saturated rings. The number of Topliss-reactive ketones (excluding diaryl/α,β-unsaturated/α-hetero) is 1. The van der Waals surface area contributed by atoms with Crippen molar-refractivity contribution in [1.29, 1.82) is 0 Å². The third-order valence-corrected chi connectivity index (χ3v) is 3.68. The fourth-order valence-electron chi connectivity index (χ4n) is 1.01. The maximum absolute atomic E-state index is 11.0. The molecule has 13 heavy (non-hydrogen) atoms. The van der Waals surface area contributed by atoms with Crippen molar-refractivity contribution in [3.8, 4) is 0 Å². The molecule has 0 aliphatic heterocycles. The summed E-state index contributed by atoms with van der Waals surface area (Å²) in [6.45, 7) is 1.59. The normalized spacial score (nSPS) is 12.5. The summed E-state index contributed by atoms with van der Waals surface area (Å²) in [6, 6.07) is 8.01. The van der Waals surface area contributed by atoms with E-state index in [0.717, 1.165) is 5.56 Å². The molecule has 0 radical (unpaired) electrons. The fourth-order valence-corrected chi connectivity index (χ4v) is 1.72. The van der Waals surface area contributed by atoms with Crippen LogP contribution in [0.5, 0.6) is 0 Å². The lowest BCUT2D eigenvalue weighted by Gasteiger charge is -2.06. The van der Waals surface area contributed by atoms with Crippen molar-refractivity contribution < 1.29 is 4.79 Å². The number of carbonyl (C=O) groups excluding carboxylic acids is 1. The van der Waals surface area contributed by atoms with Crippen molar-refractivity contribution in [2.45, 2.75) is 16.6 Å². The van der Waals surface area contributed by atoms with Crippen molar-refractivity contribution in [2.24, 2.45) is 0 Å². The number of rotatable bonds is 3. The lowest BCUT2D eigenvalue weighted by Crippen LogP contribution is -2.00. The van der Waals surface area contributed by atoms with E-state index in [1.54, 1.807) is 18.7 Å². The zero-order valence-corrected chi connectivity index (χ0v) is 9.98. The third kappa shape index (κ3) is 2.85. The first-order valence-corrected chi connectivity index (χ1v) is 6.07. The van der Waals surface area contributed by atoms with Crippen LogP contribution < -0.4 is 0 Å². The molecule has 1 aromatic carbocycles. The molecular formula is C10H11BrOS. The lowest BCUT2D eigenvalue weighted by molar-refractivity contribution is -0.116. The smallest absolute Gasteiger partial charge is 0.147 e. The number of carbonyl (C=O) groups is 1. The van der Waals surface area contributed by atoms with Crippen molar-refractivity contribution in [3.63, 3.8) is 0 Å². The van der Waals surface area contributed by atoms with E-state index in [4.69, 9.17) is 0 Å². The topological polar surface area (TPSA) is 17.1 Å². The van der Waals surface area contributed by atoms with Crippen LogP contribution in [0.25, 0.3) is 0 Å². The molecule has 1 aromatic rings. The van der Waals surface area contributed by atoms with Gasteiger partial charge in [0.05, 0.1) is 4.83 Å². The molecule has 0 heterocycles. The number of hydrogen-bond acceptors (Lipinski definition) is 2. The highest BCUT2D eigenvalue weighted by Crippen LogP contribution is 2.25. The first-order chi connectivity index (χ1) is 6.15. The maximum Gasteiger partial charge on any atom is 0.147 e. The van der Waals surface area contributed by atoms with Crippen LogP contribution in [-0.2, 0) is 4.79 Å². The molecule has 1 nitrogen and oxygen atoms in total. The Kier molecular flexibility index (Phi) is 4.00. The lowest BCUT2D eigenvalue weighted by atomic mass is 10.1. The van der Waals surface area contributed by atoms with Crippen molar-refractivity contribution >= 4 is 33.5 Å². The van der Waals surface area contributed by atoms with E-state index in [9.17, 15) is 4.79 Å². The monoisotopic (exact) mass is 258 g/mol. The average molecular weight is 259 g/mol. The van der Waals surface area contributed by atoms with Gasteiger partial charge in [-0.25, -0.2) is 0 Å². The molecule has 1 unspecified atom stereocenters. The number of benzene rings is 1. The first-order valence-electron chi connectivity index (χ1n) is 3.93. The summed E-state index contributed by atoms with van der Waals surface area (Å²) >= 11 is 5.04. The largest absolute Gasteiger partial charge is 0.298 e. The first kappa shape index (κ1) is 10.8. The Hall–Kier alpha value is -0.280. The summed E-state index contributed by atoms with van der Waals surface area (Å²) in [5.41, 5.74) is 1.02. The van der Waals surface area contributed by atoms with E-state index in [1.165, 1.54) is 4.90 Å². The van der Waals surface area contributed by atoms with Crippen molar-refractivity contribution in [1.82, 2.24) is 0 Å². The van der Waals surface area contributed by atoms with Gasteiger partial charge in [-0.2, -0.15) is 0 Å². The molecule has 70 valence electrons. The minimum absolute atomic E-state index is 0.136. The van der Waals surface area contributed by atoms with Gasteiger partial charge in [-0.15, -0.1) is 11.8 Å². The van der Waals surface area contributed by atoms with Crippen LogP contribution in [0.4, 0.5) is 0 Å². The Morgan fingerprint density at radius 1 is 1.38 bits per heavy atom. The van der Waals surface area contributed by atoms with E-state index in [2.05, 4.69) is 15.9 Å². The maximum atomic E-state index is 11.0. The Balaban J connectivity index is 2.85. The predicted molar refractivity (Wildman–Crippen MR) is 60.6 cm³/mol. The number of halogens is 1. The van der Waals surface area contributed by atoms with Gasteiger partial charge in [-0.05, 0) is 30.9 Å². The van der Waals surface area contributed by atoms with E-state index < -0.39 is 0 Å². The van der Waals surface area contributed by atoms with Gasteiger partial charge in [0.2, 0.25) is 0 Å². The van der Waals surface area contributed by atoms with Crippen LogP contribution in [0.15, 0.2) is 29.2 Å². The fraction of sp³-hybridized carbons (Fsp3) is 0.300. The van der Waals surface area contributed by atoms with Gasteiger partial charge in [0.25, 0.3) is 0 Å². The highest BCUT2D eigenvalue weighted by atomic mass is 79.9. The van der Waals surface area contributed by atoms with E-state index in [-0.39, 0.29) is 10.6 Å². The minimum atomic E-state index is -0.164. The molecule has 3 heteroatoms. The molecule has 0 amide bonds. The number of thioether (sulfide) groups is 1. The second-order valence-electron chi connectivity index (χ2n) is 2.75. The van der Waals surface area contributed by atoms with Gasteiger partial charge in [-0.3, -0.25) is 4.79 Å². The minimum Gasteiger partial charge on any atom is -0.298 e. The summed E-state index contributed by atoms with van der Waals surface area (Å²) in [6.07, 6.45) is 2.03. The van der Waals surface area contributed by atoms with Crippen LogP contribution in [-0.4, -0.2) is 12.0 Å². The number of ketones is 1. The molecule has 0 spiro atoms. The highest BCUT2D eigenvalue weighted by molar-refractivity contribution is 9.09. The second kappa shape index (κ2) is 4.82. The van der Waals surface area contributed by atoms with Crippen molar-refractivity contribution in [3.05, 3.63) is 29.8 Å². The van der Waals surface area contributed by atoms with Gasteiger partial charge < -0.3 is 0 Å². The Labute approximate surface area is 91.0 Å². The number of alkyl halides is 1. The molecule has 0 saturated heterocycles. The Morgan fingerprint density at radius 2 is 1.92 bits per heavy atom. The molecule has 0 bridgehead atoms. The van der Waals surface area contributed by atoms with Gasteiger partial charge in [0.15, 0.2) is 0 Å². The predicted octanol–water partition coefficient (Wildman–Crippen LogP) is 3.43. The van der Waals surface area contributed by atoms with E-state index in [1.807, 2.05) is 30.5 Å². The molecule has 0 aliphatic carbocycles. The van der Waals surface area contributed by atoms with Gasteiger partial charge in [0.1, 0.15) is 5.78 Å². The molecule has 0 saturated carbocycles. The summed E-state index contributed by atoms with van der Waals surface area (Å²) in [4.78, 5) is 12.1. The molecule has 0 aliphatic rings. The molecular weight excluding hydrogens is 248 g/mol. The standard InChI is InChI=1S/C10H11BrOS/c1-7(12)10(11)8-3-5-9(13-2)6-4-8/h3-6,10H,1-2H3. The van der Waals surface area contributed by atoms with Crippen LogP contribution in [0.2, 0.25) is 0 Å². The van der Waals surface area contributed by atoms with E-state index in [0.29, 0.717) is 0 Å². The highest BCUT2D eigenvalue weighted by Gasteiger charge is 2.11. The molecule has 0 aromatic heterocycles. The van der Waals surface area contributed by atoms with Crippen molar-refractivity contribution in [2.75, 3.05) is 6.26 Å². The number of hydrogen-bond donors (Lipinski definition) is 0. The van der Waals surface area contributed by atoms with Gasteiger partial charge in [-0.1, -0.05) is 28.1 Å². The summed E-state index contributed by atoms with van der Waals surface area (Å²) in [5, 5.41) is 0. The SMILES string of the molecule is CSc1ccc(C(Br)C(C)=O)cc1. The second-order valence-corrected chi connectivity index (χ2v) is 4.54. The molecule has 1 rings (SSSR count). The average Bonchev–Trinajstić information content (AvgIpc) is 2.17. The van der Waals surface area contributed by atoms with Crippen LogP contribution >= 0.6 is 27.7 Å². The Bertz CT molecular complexity index is 294. The zero-order valence-electron chi connectivity index (χ0n) is 7.58. The Morgan fingerprint density at radius 3 is 2.31 bits per heavy atom. The summed E-state index contributed by atoms with van der Waals surface area (Å²) < 4.78 is 0. The molecule has 1 atom stereocenters. The zero-order chi connectivity index (χ0) is 9.84. The third-order valence-electron chi connectivity index (χ3n) is 1.77. The summed E-state index contributed by atoms with van der Waals surface area (Å²) in [7, 11) is 0. The van der Waals surface area contributed by atoms with Crippen LogP contribution in [0, 0.1) is 0 Å². The quantitative estimate of drug-likeness (QED) is 0.611. The van der Waals surface area contributed by atoms with E-state index >= 15 is 0 Å².